The molecular formula is C16H26N4O3. The van der Waals surface area contributed by atoms with Gasteiger partial charge in [-0.05, 0) is 25.7 Å². The normalized spacial score (nSPS) is 19.4. The number of carboxylic acid groups (broad SMARTS) is 1. The zero-order valence-corrected chi connectivity index (χ0v) is 13.6. The molecule has 0 saturated carbocycles. The molecule has 2 heterocycles. The van der Waals surface area contributed by atoms with Crippen molar-refractivity contribution in [2.75, 3.05) is 23.4 Å². The van der Waals surface area contributed by atoms with Gasteiger partial charge in [0.2, 0.25) is 0 Å². The Labute approximate surface area is 136 Å². The van der Waals surface area contributed by atoms with E-state index in [9.17, 15) is 15.0 Å². The monoisotopic (exact) mass is 322 g/mol. The molecule has 2 atom stereocenters. The number of nitrogens with zero attached hydrogens (tertiary/aromatic N) is 3. The van der Waals surface area contributed by atoms with Crippen molar-refractivity contribution in [1.29, 1.82) is 0 Å². The summed E-state index contributed by atoms with van der Waals surface area (Å²) in [5.74, 6) is 0.381. The fraction of sp³-hybridized carbons (Fsp3) is 0.688. The quantitative estimate of drug-likeness (QED) is 0.672. The number of carbonyl (C=O) groups is 1. The first-order valence-corrected chi connectivity index (χ1v) is 8.34. The molecule has 23 heavy (non-hydrogen) atoms. The average Bonchev–Trinajstić information content (AvgIpc) is 2.58. The van der Waals surface area contributed by atoms with E-state index in [1.165, 1.54) is 6.33 Å². The standard InChI is InChI=1S/C16H26N4O3/c1-2-3-7-13(16(22)23)19-14-9-15(18-11-17-14)20-8-5-4-6-12(20)10-21/h9,11-13,21H,2-8,10H2,1H3,(H,22,23)(H,17,18,19)/t12?,13-/m0/s1. The molecule has 7 nitrogen and oxygen atoms in total. The number of aromatic nitrogens is 2. The number of hydrogen-bond acceptors (Lipinski definition) is 6. The van der Waals surface area contributed by atoms with Crippen molar-refractivity contribution < 1.29 is 15.0 Å². The maximum atomic E-state index is 11.3. The van der Waals surface area contributed by atoms with E-state index in [1.54, 1.807) is 6.07 Å². The summed E-state index contributed by atoms with van der Waals surface area (Å²) in [7, 11) is 0. The molecule has 128 valence electrons. The lowest BCUT2D eigenvalue weighted by molar-refractivity contribution is -0.138. The van der Waals surface area contributed by atoms with Crippen LogP contribution in [0.4, 0.5) is 11.6 Å². The van der Waals surface area contributed by atoms with E-state index in [4.69, 9.17) is 0 Å². The highest BCUT2D eigenvalue weighted by Gasteiger charge is 2.24. The van der Waals surface area contributed by atoms with Gasteiger partial charge >= 0.3 is 5.97 Å². The van der Waals surface area contributed by atoms with Gasteiger partial charge in [0.25, 0.3) is 0 Å². The van der Waals surface area contributed by atoms with E-state index in [0.717, 1.165) is 44.5 Å². The summed E-state index contributed by atoms with van der Waals surface area (Å²) in [6.07, 6.45) is 6.92. The number of nitrogens with one attached hydrogen (secondary N) is 1. The summed E-state index contributed by atoms with van der Waals surface area (Å²) in [6, 6.07) is 1.20. The van der Waals surface area contributed by atoms with Crippen LogP contribution in [-0.4, -0.2) is 51.4 Å². The minimum atomic E-state index is -0.871. The Balaban J connectivity index is 2.10. The number of rotatable bonds is 8. The molecule has 0 amide bonds. The van der Waals surface area contributed by atoms with Crippen LogP contribution in [0.1, 0.15) is 45.4 Å². The SMILES string of the molecule is CCCC[C@H](Nc1cc(N2CCCCC2CO)ncn1)C(=O)O. The first kappa shape index (κ1) is 17.5. The van der Waals surface area contributed by atoms with Crippen LogP contribution in [0.15, 0.2) is 12.4 Å². The molecule has 1 aliphatic rings. The third kappa shape index (κ3) is 4.79. The molecule has 7 heteroatoms. The molecule has 3 N–H and O–H groups in total. The molecule has 2 rings (SSSR count). The molecular weight excluding hydrogens is 296 g/mol. The van der Waals surface area contributed by atoms with E-state index < -0.39 is 12.0 Å². The van der Waals surface area contributed by atoms with Crippen LogP contribution in [-0.2, 0) is 4.79 Å². The fourth-order valence-corrected chi connectivity index (χ4v) is 2.92. The topological polar surface area (TPSA) is 98.6 Å². The van der Waals surface area contributed by atoms with Crippen LogP contribution >= 0.6 is 0 Å². The Morgan fingerprint density at radius 2 is 2.30 bits per heavy atom. The lowest BCUT2D eigenvalue weighted by Gasteiger charge is -2.35. The van der Waals surface area contributed by atoms with Gasteiger partial charge in [-0.2, -0.15) is 0 Å². The second-order valence-electron chi connectivity index (χ2n) is 5.96. The Morgan fingerprint density at radius 1 is 1.48 bits per heavy atom. The van der Waals surface area contributed by atoms with E-state index >= 15 is 0 Å². The largest absolute Gasteiger partial charge is 0.480 e. The molecule has 0 radical (unpaired) electrons. The molecule has 1 saturated heterocycles. The summed E-state index contributed by atoms with van der Waals surface area (Å²) in [5.41, 5.74) is 0. The van der Waals surface area contributed by atoms with Gasteiger partial charge in [-0.1, -0.05) is 19.8 Å². The van der Waals surface area contributed by atoms with Crippen molar-refractivity contribution in [2.45, 2.75) is 57.5 Å². The predicted molar refractivity (Wildman–Crippen MR) is 88.7 cm³/mol. The van der Waals surface area contributed by atoms with Crippen molar-refractivity contribution in [3.63, 3.8) is 0 Å². The third-order valence-electron chi connectivity index (χ3n) is 4.25. The van der Waals surface area contributed by atoms with E-state index in [0.29, 0.717) is 12.2 Å². The maximum absolute atomic E-state index is 11.3. The van der Waals surface area contributed by atoms with Crippen molar-refractivity contribution >= 4 is 17.6 Å². The Bertz CT molecular complexity index is 512. The van der Waals surface area contributed by atoms with Gasteiger partial charge in [-0.15, -0.1) is 0 Å². The van der Waals surface area contributed by atoms with Gasteiger partial charge < -0.3 is 20.4 Å². The molecule has 0 aromatic carbocycles. The summed E-state index contributed by atoms with van der Waals surface area (Å²) in [5, 5.41) is 21.8. The second kappa shape index (κ2) is 8.67. The minimum Gasteiger partial charge on any atom is -0.480 e. The number of aliphatic hydroxyl groups is 1. The fourth-order valence-electron chi connectivity index (χ4n) is 2.92. The lowest BCUT2D eigenvalue weighted by Crippen LogP contribution is -2.42. The minimum absolute atomic E-state index is 0.0712. The van der Waals surface area contributed by atoms with Crippen LogP contribution in [0.5, 0.6) is 0 Å². The number of hydrogen-bond donors (Lipinski definition) is 3. The van der Waals surface area contributed by atoms with Gasteiger partial charge in [0.15, 0.2) is 0 Å². The summed E-state index contributed by atoms with van der Waals surface area (Å²) in [6.45, 7) is 2.98. The van der Waals surface area contributed by atoms with Gasteiger partial charge in [-0.3, -0.25) is 0 Å². The summed E-state index contributed by atoms with van der Waals surface area (Å²) >= 11 is 0. The van der Waals surface area contributed by atoms with Crippen LogP contribution in [0, 0.1) is 0 Å². The highest BCUT2D eigenvalue weighted by molar-refractivity contribution is 5.77. The Kier molecular flexibility index (Phi) is 6.58. The number of aliphatic carboxylic acids is 1. The van der Waals surface area contributed by atoms with Crippen molar-refractivity contribution in [1.82, 2.24) is 9.97 Å². The molecule has 1 aromatic heterocycles. The average molecular weight is 322 g/mol. The maximum Gasteiger partial charge on any atom is 0.326 e. The Hall–Kier alpha value is -1.89. The van der Waals surface area contributed by atoms with Crippen LogP contribution in [0.25, 0.3) is 0 Å². The molecule has 1 fully saturated rings. The first-order chi connectivity index (χ1) is 11.2. The molecule has 1 unspecified atom stereocenters. The molecule has 1 aromatic rings. The molecule has 0 aliphatic carbocycles. The van der Waals surface area contributed by atoms with Crippen LogP contribution in [0.2, 0.25) is 0 Å². The first-order valence-electron chi connectivity index (χ1n) is 8.34. The third-order valence-corrected chi connectivity index (χ3v) is 4.25. The van der Waals surface area contributed by atoms with Crippen molar-refractivity contribution in [3.8, 4) is 0 Å². The van der Waals surface area contributed by atoms with Gasteiger partial charge in [-0.25, -0.2) is 14.8 Å². The highest BCUT2D eigenvalue weighted by Crippen LogP contribution is 2.24. The molecule has 0 bridgehead atoms. The highest BCUT2D eigenvalue weighted by atomic mass is 16.4. The van der Waals surface area contributed by atoms with Crippen molar-refractivity contribution in [2.24, 2.45) is 0 Å². The zero-order valence-electron chi connectivity index (χ0n) is 13.6. The molecule has 0 spiro atoms. The number of carboxylic acids is 1. The van der Waals surface area contributed by atoms with Gasteiger partial charge in [0.1, 0.15) is 24.0 Å². The number of piperidine rings is 1. The summed E-state index contributed by atoms with van der Waals surface area (Å²) < 4.78 is 0. The van der Waals surface area contributed by atoms with Crippen LogP contribution < -0.4 is 10.2 Å². The second-order valence-corrected chi connectivity index (χ2v) is 5.96. The van der Waals surface area contributed by atoms with E-state index in [1.807, 2.05) is 6.92 Å². The predicted octanol–water partition coefficient (Wildman–Crippen LogP) is 1.88. The number of unbranched alkanes of at least 4 members (excludes halogenated alkanes) is 1. The lowest BCUT2D eigenvalue weighted by atomic mass is 10.0. The van der Waals surface area contributed by atoms with Gasteiger partial charge in [0.05, 0.1) is 12.6 Å². The molecule has 1 aliphatic heterocycles. The van der Waals surface area contributed by atoms with E-state index in [2.05, 4.69) is 20.2 Å². The van der Waals surface area contributed by atoms with Crippen LogP contribution in [0.3, 0.4) is 0 Å². The Morgan fingerprint density at radius 3 is 3.00 bits per heavy atom. The summed E-state index contributed by atoms with van der Waals surface area (Å²) in [4.78, 5) is 21.9. The number of anilines is 2. The van der Waals surface area contributed by atoms with E-state index in [-0.39, 0.29) is 12.6 Å². The van der Waals surface area contributed by atoms with Crippen molar-refractivity contribution in [3.05, 3.63) is 12.4 Å². The zero-order chi connectivity index (χ0) is 16.7. The van der Waals surface area contributed by atoms with Gasteiger partial charge in [0, 0.05) is 12.6 Å². The smallest absolute Gasteiger partial charge is 0.326 e. The number of aliphatic hydroxyl groups excluding tert-OH is 1.